The summed E-state index contributed by atoms with van der Waals surface area (Å²) < 4.78 is 10.9. The molecule has 0 bridgehead atoms. The van der Waals surface area contributed by atoms with E-state index >= 15 is 0 Å². The van der Waals surface area contributed by atoms with Gasteiger partial charge in [0.1, 0.15) is 5.75 Å². The van der Waals surface area contributed by atoms with E-state index < -0.39 is 0 Å². The third kappa shape index (κ3) is 4.53. The summed E-state index contributed by atoms with van der Waals surface area (Å²) in [6, 6.07) is 15.2. The minimum atomic E-state index is -0.0960. The van der Waals surface area contributed by atoms with Crippen molar-refractivity contribution in [2.45, 2.75) is 20.3 Å². The molecule has 140 valence electrons. The highest BCUT2D eigenvalue weighted by Crippen LogP contribution is 2.20. The van der Waals surface area contributed by atoms with Gasteiger partial charge < -0.3 is 14.2 Å². The van der Waals surface area contributed by atoms with Crippen molar-refractivity contribution >= 4 is 5.91 Å². The number of nitrogens with zero attached hydrogens (tertiary/aromatic N) is 3. The molecule has 0 aliphatic rings. The number of aromatic nitrogens is 2. The lowest BCUT2D eigenvalue weighted by atomic mass is 10.1. The molecule has 0 atom stereocenters. The largest absolute Gasteiger partial charge is 0.493 e. The van der Waals surface area contributed by atoms with Gasteiger partial charge in [-0.1, -0.05) is 35.0 Å². The molecule has 1 aromatic heterocycles. The molecule has 2 aromatic carbocycles. The third-order valence-corrected chi connectivity index (χ3v) is 4.20. The first-order valence-corrected chi connectivity index (χ1v) is 8.95. The van der Waals surface area contributed by atoms with Crippen LogP contribution in [0.5, 0.6) is 5.75 Å². The van der Waals surface area contributed by atoms with E-state index in [1.807, 2.05) is 50.2 Å². The second-order valence-electron chi connectivity index (χ2n) is 6.29. The highest BCUT2D eigenvalue weighted by atomic mass is 16.5. The van der Waals surface area contributed by atoms with E-state index in [1.54, 1.807) is 24.1 Å². The molecule has 0 saturated heterocycles. The number of hydrogen-bond donors (Lipinski definition) is 0. The standard InChI is InChI=1S/C21H23N3O3/c1-4-26-18-8-6-5-7-17(18)21(25)24(3)14-13-19-22-20(27-23-19)16-11-9-15(2)10-12-16/h5-12H,4,13-14H2,1-3H3. The van der Waals surface area contributed by atoms with E-state index in [2.05, 4.69) is 10.1 Å². The fourth-order valence-corrected chi connectivity index (χ4v) is 2.67. The number of carbonyl (C=O) groups excluding carboxylic acids is 1. The van der Waals surface area contributed by atoms with Crippen molar-refractivity contribution in [3.63, 3.8) is 0 Å². The molecule has 0 saturated carbocycles. The number of para-hydroxylation sites is 1. The quantitative estimate of drug-likeness (QED) is 0.638. The van der Waals surface area contributed by atoms with Crippen LogP contribution in [-0.2, 0) is 6.42 Å². The van der Waals surface area contributed by atoms with Crippen LogP contribution in [0.4, 0.5) is 0 Å². The van der Waals surface area contributed by atoms with E-state index in [0.717, 1.165) is 5.56 Å². The lowest BCUT2D eigenvalue weighted by molar-refractivity contribution is 0.0791. The number of amides is 1. The number of ether oxygens (including phenoxy) is 1. The molecule has 0 unspecified atom stereocenters. The molecule has 0 aliphatic heterocycles. The molecule has 27 heavy (non-hydrogen) atoms. The van der Waals surface area contributed by atoms with E-state index in [1.165, 1.54) is 5.56 Å². The Morgan fingerprint density at radius 1 is 1.15 bits per heavy atom. The van der Waals surface area contributed by atoms with Crippen LogP contribution in [0.25, 0.3) is 11.5 Å². The maximum atomic E-state index is 12.7. The van der Waals surface area contributed by atoms with E-state index in [-0.39, 0.29) is 5.91 Å². The molecule has 0 N–H and O–H groups in total. The molecule has 0 fully saturated rings. The smallest absolute Gasteiger partial charge is 0.257 e. The summed E-state index contributed by atoms with van der Waals surface area (Å²) >= 11 is 0. The molecule has 3 rings (SSSR count). The van der Waals surface area contributed by atoms with Crippen molar-refractivity contribution in [3.8, 4) is 17.2 Å². The lowest BCUT2D eigenvalue weighted by Gasteiger charge is -2.18. The number of benzene rings is 2. The summed E-state index contributed by atoms with van der Waals surface area (Å²) in [5.41, 5.74) is 2.61. The lowest BCUT2D eigenvalue weighted by Crippen LogP contribution is -2.29. The first-order chi connectivity index (χ1) is 13.1. The molecular weight excluding hydrogens is 342 g/mol. The van der Waals surface area contributed by atoms with Gasteiger partial charge in [-0.15, -0.1) is 0 Å². The summed E-state index contributed by atoms with van der Waals surface area (Å²) in [6.07, 6.45) is 0.508. The molecule has 6 nitrogen and oxygen atoms in total. The van der Waals surface area contributed by atoms with Crippen LogP contribution in [0.15, 0.2) is 53.1 Å². The average Bonchev–Trinajstić information content (AvgIpc) is 3.16. The minimum Gasteiger partial charge on any atom is -0.493 e. The summed E-state index contributed by atoms with van der Waals surface area (Å²) in [4.78, 5) is 18.8. The first kappa shape index (κ1) is 18.6. The Labute approximate surface area is 158 Å². The molecule has 0 radical (unpaired) electrons. The van der Waals surface area contributed by atoms with Crippen molar-refractivity contribution in [3.05, 3.63) is 65.5 Å². The van der Waals surface area contributed by atoms with Gasteiger partial charge in [0.25, 0.3) is 11.8 Å². The maximum absolute atomic E-state index is 12.7. The number of likely N-dealkylation sites (N-methyl/N-ethyl adjacent to an activating group) is 1. The predicted molar refractivity (Wildman–Crippen MR) is 103 cm³/mol. The fraction of sp³-hybridized carbons (Fsp3) is 0.286. The summed E-state index contributed by atoms with van der Waals surface area (Å²) in [5, 5.41) is 4.02. The fourth-order valence-electron chi connectivity index (χ4n) is 2.67. The Bertz CT molecular complexity index is 903. The summed E-state index contributed by atoms with van der Waals surface area (Å²) in [5.74, 6) is 1.56. The van der Waals surface area contributed by atoms with Crippen LogP contribution < -0.4 is 4.74 Å². The van der Waals surface area contributed by atoms with Gasteiger partial charge in [0.2, 0.25) is 0 Å². The van der Waals surface area contributed by atoms with Gasteiger partial charge in [-0.05, 0) is 38.1 Å². The molecule has 1 heterocycles. The Morgan fingerprint density at radius 2 is 1.89 bits per heavy atom. The second kappa shape index (κ2) is 8.49. The van der Waals surface area contributed by atoms with Crippen LogP contribution >= 0.6 is 0 Å². The van der Waals surface area contributed by atoms with Gasteiger partial charge in [-0.3, -0.25) is 4.79 Å². The predicted octanol–water partition coefficient (Wildman–Crippen LogP) is 3.76. The number of rotatable bonds is 7. The van der Waals surface area contributed by atoms with Gasteiger partial charge in [-0.2, -0.15) is 4.98 Å². The highest BCUT2D eigenvalue weighted by Gasteiger charge is 2.17. The van der Waals surface area contributed by atoms with E-state index in [4.69, 9.17) is 9.26 Å². The number of hydrogen-bond acceptors (Lipinski definition) is 5. The summed E-state index contributed by atoms with van der Waals surface area (Å²) in [7, 11) is 1.76. The van der Waals surface area contributed by atoms with Gasteiger partial charge >= 0.3 is 0 Å². The van der Waals surface area contributed by atoms with Crippen molar-refractivity contribution in [2.24, 2.45) is 0 Å². The SMILES string of the molecule is CCOc1ccccc1C(=O)N(C)CCc1noc(-c2ccc(C)cc2)n1. The molecule has 6 heteroatoms. The molecule has 3 aromatic rings. The first-order valence-electron chi connectivity index (χ1n) is 8.95. The number of carbonyl (C=O) groups is 1. The Kier molecular flexibility index (Phi) is 5.86. The Morgan fingerprint density at radius 3 is 2.63 bits per heavy atom. The number of aryl methyl sites for hydroxylation is 1. The van der Waals surface area contributed by atoms with Gasteiger partial charge in [-0.25, -0.2) is 0 Å². The second-order valence-corrected chi connectivity index (χ2v) is 6.29. The monoisotopic (exact) mass is 365 g/mol. The maximum Gasteiger partial charge on any atom is 0.257 e. The van der Waals surface area contributed by atoms with Crippen LogP contribution in [0.3, 0.4) is 0 Å². The van der Waals surface area contributed by atoms with Crippen LogP contribution in [0.1, 0.15) is 28.7 Å². The third-order valence-electron chi connectivity index (χ3n) is 4.20. The van der Waals surface area contributed by atoms with Crippen LogP contribution in [-0.4, -0.2) is 41.1 Å². The minimum absolute atomic E-state index is 0.0960. The van der Waals surface area contributed by atoms with Crippen molar-refractivity contribution < 1.29 is 14.1 Å². The van der Waals surface area contributed by atoms with Gasteiger partial charge in [0.15, 0.2) is 5.82 Å². The van der Waals surface area contributed by atoms with Crippen LogP contribution in [0, 0.1) is 6.92 Å². The molecule has 0 spiro atoms. The normalized spacial score (nSPS) is 10.6. The average molecular weight is 365 g/mol. The van der Waals surface area contributed by atoms with Crippen LogP contribution in [0.2, 0.25) is 0 Å². The Hall–Kier alpha value is -3.15. The highest BCUT2D eigenvalue weighted by molar-refractivity contribution is 5.96. The van der Waals surface area contributed by atoms with Crippen molar-refractivity contribution in [2.75, 3.05) is 20.2 Å². The van der Waals surface area contributed by atoms with Gasteiger partial charge in [0, 0.05) is 25.6 Å². The van der Waals surface area contributed by atoms with E-state index in [0.29, 0.717) is 42.6 Å². The van der Waals surface area contributed by atoms with Crippen molar-refractivity contribution in [1.82, 2.24) is 15.0 Å². The molecule has 0 aliphatic carbocycles. The molecular formula is C21H23N3O3. The summed E-state index contributed by atoms with van der Waals surface area (Å²) in [6.45, 7) is 4.91. The Balaban J connectivity index is 1.63. The zero-order chi connectivity index (χ0) is 19.2. The zero-order valence-electron chi connectivity index (χ0n) is 15.8. The van der Waals surface area contributed by atoms with E-state index in [9.17, 15) is 4.79 Å². The van der Waals surface area contributed by atoms with Crippen molar-refractivity contribution in [1.29, 1.82) is 0 Å². The topological polar surface area (TPSA) is 68.5 Å². The van der Waals surface area contributed by atoms with Gasteiger partial charge in [0.05, 0.1) is 12.2 Å². The zero-order valence-corrected chi connectivity index (χ0v) is 15.8. The molecule has 1 amide bonds.